The summed E-state index contributed by atoms with van der Waals surface area (Å²) in [6.45, 7) is 0.543. The van der Waals surface area contributed by atoms with Crippen LogP contribution in [0.25, 0.3) is 11.0 Å². The number of alkyl halides is 1. The predicted molar refractivity (Wildman–Crippen MR) is 84.8 cm³/mol. The summed E-state index contributed by atoms with van der Waals surface area (Å²) >= 11 is 17.8. The molecule has 0 aliphatic carbocycles. The van der Waals surface area contributed by atoms with Crippen molar-refractivity contribution in [3.8, 4) is 0 Å². The van der Waals surface area contributed by atoms with Gasteiger partial charge in [-0.25, -0.2) is 9.37 Å². The molecule has 0 aliphatic heterocycles. The maximum Gasteiger partial charge on any atom is 0.144 e. The quantitative estimate of drug-likeness (QED) is 0.592. The van der Waals surface area contributed by atoms with Crippen molar-refractivity contribution >= 4 is 45.8 Å². The lowest BCUT2D eigenvalue weighted by Gasteiger charge is -2.08. The molecule has 0 unspecified atom stereocenters. The standard InChI is InChI=1S/C15H10Cl3FN2/c16-7-15-20-13-6-12(19)11(18)5-14(13)21(15)8-9-2-1-3-10(17)4-9/h1-6H,7-8H2. The molecule has 6 heteroatoms. The predicted octanol–water partition coefficient (Wildman–Crippen LogP) is 5.27. The Kier molecular flexibility index (Phi) is 4.07. The Bertz CT molecular complexity index is 814. The van der Waals surface area contributed by atoms with E-state index in [1.807, 2.05) is 28.8 Å². The summed E-state index contributed by atoms with van der Waals surface area (Å²) < 4.78 is 15.5. The molecule has 0 atom stereocenters. The van der Waals surface area contributed by atoms with Crippen LogP contribution < -0.4 is 0 Å². The fraction of sp³-hybridized carbons (Fsp3) is 0.133. The highest BCUT2D eigenvalue weighted by molar-refractivity contribution is 6.31. The molecule has 1 aromatic heterocycles. The third kappa shape index (κ3) is 2.86. The lowest BCUT2D eigenvalue weighted by molar-refractivity contribution is 0.629. The molecule has 0 amide bonds. The number of hydrogen-bond donors (Lipinski definition) is 0. The van der Waals surface area contributed by atoms with Crippen LogP contribution in [0.15, 0.2) is 36.4 Å². The molecule has 0 fully saturated rings. The Morgan fingerprint density at radius 1 is 1.14 bits per heavy atom. The van der Waals surface area contributed by atoms with E-state index in [1.165, 1.54) is 6.07 Å². The van der Waals surface area contributed by atoms with Gasteiger partial charge in [0, 0.05) is 17.6 Å². The van der Waals surface area contributed by atoms with Crippen molar-refractivity contribution in [3.05, 3.63) is 63.6 Å². The summed E-state index contributed by atoms with van der Waals surface area (Å²) in [5, 5.41) is 0.726. The molecule has 0 aliphatic rings. The molecule has 21 heavy (non-hydrogen) atoms. The summed E-state index contributed by atoms with van der Waals surface area (Å²) in [6.07, 6.45) is 0. The molecule has 3 aromatic rings. The average Bonchev–Trinajstić information content (AvgIpc) is 2.77. The van der Waals surface area contributed by atoms with Crippen LogP contribution in [0.5, 0.6) is 0 Å². The van der Waals surface area contributed by atoms with Crippen molar-refractivity contribution in [2.75, 3.05) is 0 Å². The topological polar surface area (TPSA) is 17.8 Å². The number of nitrogens with zero attached hydrogens (tertiary/aromatic N) is 2. The molecular formula is C15H10Cl3FN2. The van der Waals surface area contributed by atoms with Gasteiger partial charge in [-0.2, -0.15) is 0 Å². The number of halogens is 4. The van der Waals surface area contributed by atoms with Gasteiger partial charge in [-0.15, -0.1) is 11.6 Å². The number of aromatic nitrogens is 2. The van der Waals surface area contributed by atoms with Crippen LogP contribution in [0.3, 0.4) is 0 Å². The lowest BCUT2D eigenvalue weighted by Crippen LogP contribution is -2.03. The zero-order valence-electron chi connectivity index (χ0n) is 10.8. The van der Waals surface area contributed by atoms with Crippen LogP contribution in [0, 0.1) is 5.82 Å². The summed E-state index contributed by atoms with van der Waals surface area (Å²) in [4.78, 5) is 4.35. The summed E-state index contributed by atoms with van der Waals surface area (Å²) in [7, 11) is 0. The summed E-state index contributed by atoms with van der Waals surface area (Å²) in [5.74, 6) is 0.403. The van der Waals surface area contributed by atoms with Crippen molar-refractivity contribution in [1.29, 1.82) is 0 Å². The van der Waals surface area contributed by atoms with Gasteiger partial charge in [0.2, 0.25) is 0 Å². The smallest absolute Gasteiger partial charge is 0.144 e. The van der Waals surface area contributed by atoms with Gasteiger partial charge in [0.1, 0.15) is 11.6 Å². The van der Waals surface area contributed by atoms with E-state index < -0.39 is 5.82 Å². The molecule has 3 rings (SSSR count). The monoisotopic (exact) mass is 342 g/mol. The SMILES string of the molecule is Fc1cc2nc(CCl)n(Cc3cccc(Cl)c3)c2cc1Cl. The first-order valence-corrected chi connectivity index (χ1v) is 7.52. The Morgan fingerprint density at radius 2 is 1.95 bits per heavy atom. The molecule has 108 valence electrons. The first kappa shape index (κ1) is 14.6. The van der Waals surface area contributed by atoms with E-state index in [4.69, 9.17) is 34.8 Å². The third-order valence-electron chi connectivity index (χ3n) is 3.22. The minimum absolute atomic E-state index is 0.0656. The van der Waals surface area contributed by atoms with E-state index in [-0.39, 0.29) is 10.9 Å². The maximum absolute atomic E-state index is 13.5. The molecule has 0 saturated carbocycles. The number of hydrogen-bond acceptors (Lipinski definition) is 1. The average molecular weight is 344 g/mol. The summed E-state index contributed by atoms with van der Waals surface area (Å²) in [6, 6.07) is 10.4. The van der Waals surface area contributed by atoms with E-state index in [9.17, 15) is 4.39 Å². The van der Waals surface area contributed by atoms with Gasteiger partial charge >= 0.3 is 0 Å². The molecule has 2 aromatic carbocycles. The molecular weight excluding hydrogens is 334 g/mol. The minimum Gasteiger partial charge on any atom is -0.322 e. The Balaban J connectivity index is 2.14. The zero-order chi connectivity index (χ0) is 15.0. The minimum atomic E-state index is -0.488. The number of rotatable bonds is 3. The van der Waals surface area contributed by atoms with Crippen LogP contribution in [-0.2, 0) is 12.4 Å². The van der Waals surface area contributed by atoms with Crippen molar-refractivity contribution in [2.24, 2.45) is 0 Å². The molecule has 0 bridgehead atoms. The fourth-order valence-corrected chi connectivity index (χ4v) is 2.84. The van der Waals surface area contributed by atoms with Crippen LogP contribution in [0.2, 0.25) is 10.0 Å². The van der Waals surface area contributed by atoms with Crippen molar-refractivity contribution in [1.82, 2.24) is 9.55 Å². The highest BCUT2D eigenvalue weighted by atomic mass is 35.5. The molecule has 0 saturated heterocycles. The molecule has 0 radical (unpaired) electrons. The van der Waals surface area contributed by atoms with E-state index in [1.54, 1.807) is 6.07 Å². The normalized spacial score (nSPS) is 11.2. The van der Waals surface area contributed by atoms with Crippen molar-refractivity contribution < 1.29 is 4.39 Å². The van der Waals surface area contributed by atoms with E-state index >= 15 is 0 Å². The van der Waals surface area contributed by atoms with Crippen LogP contribution in [-0.4, -0.2) is 9.55 Å². The van der Waals surface area contributed by atoms with E-state index in [0.29, 0.717) is 22.9 Å². The molecule has 0 N–H and O–H groups in total. The molecule has 1 heterocycles. The highest BCUT2D eigenvalue weighted by Gasteiger charge is 2.13. The summed E-state index contributed by atoms with van der Waals surface area (Å²) in [5.41, 5.74) is 2.29. The largest absolute Gasteiger partial charge is 0.322 e. The fourth-order valence-electron chi connectivity index (χ4n) is 2.27. The second-order valence-electron chi connectivity index (χ2n) is 4.63. The molecule has 0 spiro atoms. The first-order chi connectivity index (χ1) is 10.1. The van der Waals surface area contributed by atoms with Gasteiger partial charge in [0.15, 0.2) is 0 Å². The Hall–Kier alpha value is -1.29. The zero-order valence-corrected chi connectivity index (χ0v) is 13.1. The number of benzene rings is 2. The van der Waals surface area contributed by atoms with Crippen LogP contribution >= 0.6 is 34.8 Å². The Morgan fingerprint density at radius 3 is 2.67 bits per heavy atom. The molecule has 2 nitrogen and oxygen atoms in total. The van der Waals surface area contributed by atoms with Crippen LogP contribution in [0.4, 0.5) is 4.39 Å². The van der Waals surface area contributed by atoms with E-state index in [2.05, 4.69) is 4.98 Å². The van der Waals surface area contributed by atoms with Gasteiger partial charge in [-0.3, -0.25) is 0 Å². The van der Waals surface area contributed by atoms with Gasteiger partial charge in [-0.05, 0) is 23.8 Å². The number of fused-ring (bicyclic) bond motifs is 1. The lowest BCUT2D eigenvalue weighted by atomic mass is 10.2. The van der Waals surface area contributed by atoms with Gasteiger partial charge in [0.05, 0.1) is 21.9 Å². The van der Waals surface area contributed by atoms with Gasteiger partial charge in [-0.1, -0.05) is 35.3 Å². The van der Waals surface area contributed by atoms with E-state index in [0.717, 1.165) is 11.1 Å². The Labute approximate surface area is 136 Å². The highest BCUT2D eigenvalue weighted by Crippen LogP contribution is 2.25. The second kappa shape index (κ2) is 5.84. The maximum atomic E-state index is 13.5. The van der Waals surface area contributed by atoms with Crippen molar-refractivity contribution in [3.63, 3.8) is 0 Å². The third-order valence-corrected chi connectivity index (χ3v) is 3.98. The van der Waals surface area contributed by atoms with Crippen molar-refractivity contribution in [2.45, 2.75) is 12.4 Å². The van der Waals surface area contributed by atoms with Gasteiger partial charge in [0.25, 0.3) is 0 Å². The van der Waals surface area contributed by atoms with Crippen LogP contribution in [0.1, 0.15) is 11.4 Å². The second-order valence-corrected chi connectivity index (χ2v) is 5.74. The van der Waals surface area contributed by atoms with Gasteiger partial charge < -0.3 is 4.57 Å². The number of imidazole rings is 1. The first-order valence-electron chi connectivity index (χ1n) is 6.23.